The van der Waals surface area contributed by atoms with Crippen molar-refractivity contribution in [3.05, 3.63) is 58.3 Å². The second-order valence-corrected chi connectivity index (χ2v) is 7.31. The molecule has 0 radical (unpaired) electrons. The summed E-state index contributed by atoms with van der Waals surface area (Å²) in [6.07, 6.45) is 1.47. The van der Waals surface area contributed by atoms with E-state index >= 15 is 0 Å². The minimum Gasteiger partial charge on any atom is -0.356 e. The highest BCUT2D eigenvalue weighted by molar-refractivity contribution is 14.0. The number of carbonyl (C=O) groups excluding carboxylic acids is 1. The summed E-state index contributed by atoms with van der Waals surface area (Å²) in [4.78, 5) is 17.5. The van der Waals surface area contributed by atoms with Crippen LogP contribution < -0.4 is 16.0 Å². The van der Waals surface area contributed by atoms with Crippen molar-refractivity contribution in [3.8, 4) is 0 Å². The molecule has 1 aromatic heterocycles. The standard InChI is InChI=1S/C20H28N4OS.HI/c1-16(13-18-9-6-12-26-18)14-24-20(21-2)22-11-10-19(25)23-15-17-7-4-3-5-8-17;/h3-9,12,16H,10-11,13-15H2,1-2H3,(H,23,25)(H2,21,22,24);1H. The Kier molecular flexibility index (Phi) is 11.8. The van der Waals surface area contributed by atoms with Crippen molar-refractivity contribution in [3.63, 3.8) is 0 Å². The second kappa shape index (κ2) is 13.5. The first kappa shape index (κ1) is 23.4. The molecule has 1 aromatic carbocycles. The molecule has 2 rings (SSSR count). The minimum absolute atomic E-state index is 0. The van der Waals surface area contributed by atoms with Crippen LogP contribution in [0.2, 0.25) is 0 Å². The Balaban J connectivity index is 0.00000364. The van der Waals surface area contributed by atoms with Crippen LogP contribution in [0.4, 0.5) is 0 Å². The summed E-state index contributed by atoms with van der Waals surface area (Å²) < 4.78 is 0. The van der Waals surface area contributed by atoms with Gasteiger partial charge in [0.1, 0.15) is 0 Å². The molecule has 1 atom stereocenters. The number of thiophene rings is 1. The molecule has 0 bridgehead atoms. The first-order chi connectivity index (χ1) is 12.7. The van der Waals surface area contributed by atoms with Crippen molar-refractivity contribution >= 4 is 47.2 Å². The van der Waals surface area contributed by atoms with Crippen molar-refractivity contribution in [1.29, 1.82) is 0 Å². The van der Waals surface area contributed by atoms with Crippen LogP contribution >= 0.6 is 35.3 Å². The van der Waals surface area contributed by atoms with Gasteiger partial charge in [0.05, 0.1) is 0 Å². The Morgan fingerprint density at radius 2 is 1.89 bits per heavy atom. The largest absolute Gasteiger partial charge is 0.356 e. The Labute approximate surface area is 183 Å². The lowest BCUT2D eigenvalue weighted by molar-refractivity contribution is -0.121. The van der Waals surface area contributed by atoms with Crippen molar-refractivity contribution in [2.24, 2.45) is 10.9 Å². The van der Waals surface area contributed by atoms with Gasteiger partial charge in [-0.15, -0.1) is 35.3 Å². The Bertz CT molecular complexity index is 677. The second-order valence-electron chi connectivity index (χ2n) is 6.28. The molecule has 0 spiro atoms. The van der Waals surface area contributed by atoms with Crippen LogP contribution in [0.15, 0.2) is 52.8 Å². The zero-order chi connectivity index (χ0) is 18.6. The van der Waals surface area contributed by atoms with Crippen molar-refractivity contribution in [2.45, 2.75) is 26.3 Å². The Morgan fingerprint density at radius 1 is 1.11 bits per heavy atom. The van der Waals surface area contributed by atoms with E-state index in [4.69, 9.17) is 0 Å². The smallest absolute Gasteiger partial charge is 0.222 e. The number of benzene rings is 1. The first-order valence-electron chi connectivity index (χ1n) is 8.95. The highest BCUT2D eigenvalue weighted by atomic mass is 127. The topological polar surface area (TPSA) is 65.5 Å². The van der Waals surface area contributed by atoms with Crippen LogP contribution in [0.3, 0.4) is 0 Å². The molecule has 0 saturated heterocycles. The van der Waals surface area contributed by atoms with Crippen molar-refractivity contribution in [1.82, 2.24) is 16.0 Å². The zero-order valence-electron chi connectivity index (χ0n) is 15.9. The number of hydrogen-bond acceptors (Lipinski definition) is 3. The molecule has 0 aliphatic heterocycles. The SMILES string of the molecule is CN=C(NCCC(=O)NCc1ccccc1)NCC(C)Cc1cccs1.I. The van der Waals surface area contributed by atoms with E-state index in [0.717, 1.165) is 24.5 Å². The number of rotatable bonds is 9. The summed E-state index contributed by atoms with van der Waals surface area (Å²) in [6.45, 7) is 4.18. The maximum Gasteiger partial charge on any atom is 0.222 e. The maximum atomic E-state index is 11.9. The van der Waals surface area contributed by atoms with Gasteiger partial charge in [0, 0.05) is 38.0 Å². The lowest BCUT2D eigenvalue weighted by Crippen LogP contribution is -2.41. The Morgan fingerprint density at radius 3 is 2.56 bits per heavy atom. The van der Waals surface area contributed by atoms with E-state index in [9.17, 15) is 4.79 Å². The fraction of sp³-hybridized carbons (Fsp3) is 0.400. The molecule has 1 heterocycles. The molecular weight excluding hydrogens is 471 g/mol. The van der Waals surface area contributed by atoms with E-state index in [-0.39, 0.29) is 29.9 Å². The minimum atomic E-state index is 0. The third-order valence-corrected chi connectivity index (χ3v) is 4.85. The van der Waals surface area contributed by atoms with Gasteiger partial charge in [0.25, 0.3) is 0 Å². The highest BCUT2D eigenvalue weighted by Gasteiger charge is 2.07. The molecule has 148 valence electrons. The highest BCUT2D eigenvalue weighted by Crippen LogP contribution is 2.13. The van der Waals surface area contributed by atoms with E-state index < -0.39 is 0 Å². The van der Waals surface area contributed by atoms with Crippen LogP contribution in [0.1, 0.15) is 23.8 Å². The van der Waals surface area contributed by atoms with Gasteiger partial charge in [0.2, 0.25) is 5.91 Å². The molecule has 3 N–H and O–H groups in total. The lowest BCUT2D eigenvalue weighted by atomic mass is 10.1. The van der Waals surface area contributed by atoms with E-state index in [0.29, 0.717) is 25.4 Å². The van der Waals surface area contributed by atoms with Crippen molar-refractivity contribution in [2.75, 3.05) is 20.1 Å². The lowest BCUT2D eigenvalue weighted by Gasteiger charge is -2.15. The van der Waals surface area contributed by atoms with Gasteiger partial charge in [0.15, 0.2) is 5.96 Å². The molecule has 2 aromatic rings. The van der Waals surface area contributed by atoms with Crippen LogP contribution in [0.5, 0.6) is 0 Å². The molecule has 7 heteroatoms. The number of aliphatic imine (C=N–C) groups is 1. The average Bonchev–Trinajstić information content (AvgIpc) is 3.16. The molecule has 0 aliphatic carbocycles. The summed E-state index contributed by atoms with van der Waals surface area (Å²) in [5.41, 5.74) is 1.10. The van der Waals surface area contributed by atoms with Gasteiger partial charge in [-0.25, -0.2) is 0 Å². The first-order valence-corrected chi connectivity index (χ1v) is 9.83. The molecule has 1 amide bonds. The van der Waals surface area contributed by atoms with Crippen LogP contribution in [-0.2, 0) is 17.8 Å². The van der Waals surface area contributed by atoms with Gasteiger partial charge >= 0.3 is 0 Å². The zero-order valence-corrected chi connectivity index (χ0v) is 19.1. The summed E-state index contributed by atoms with van der Waals surface area (Å²) in [7, 11) is 1.74. The number of carbonyl (C=O) groups is 1. The molecule has 27 heavy (non-hydrogen) atoms. The van der Waals surface area contributed by atoms with Gasteiger partial charge in [-0.2, -0.15) is 0 Å². The van der Waals surface area contributed by atoms with E-state index in [1.165, 1.54) is 4.88 Å². The van der Waals surface area contributed by atoms with Crippen LogP contribution in [0, 0.1) is 5.92 Å². The van der Waals surface area contributed by atoms with Gasteiger partial charge in [-0.3, -0.25) is 9.79 Å². The number of hydrogen-bond donors (Lipinski definition) is 3. The number of amides is 1. The quantitative estimate of drug-likeness (QED) is 0.281. The molecule has 1 unspecified atom stereocenters. The van der Waals surface area contributed by atoms with E-state index in [2.05, 4.69) is 45.4 Å². The van der Waals surface area contributed by atoms with Gasteiger partial charge < -0.3 is 16.0 Å². The third-order valence-electron chi connectivity index (χ3n) is 3.95. The van der Waals surface area contributed by atoms with Crippen molar-refractivity contribution < 1.29 is 4.79 Å². The average molecular weight is 500 g/mol. The van der Waals surface area contributed by atoms with Gasteiger partial charge in [-0.05, 0) is 29.3 Å². The predicted molar refractivity (Wildman–Crippen MR) is 125 cm³/mol. The molecular formula is C20H29IN4OS. The van der Waals surface area contributed by atoms with E-state index in [1.54, 1.807) is 18.4 Å². The molecule has 0 saturated carbocycles. The Hall–Kier alpha value is -1.61. The number of guanidine groups is 1. The fourth-order valence-electron chi connectivity index (χ4n) is 2.52. The summed E-state index contributed by atoms with van der Waals surface area (Å²) in [6, 6.07) is 14.2. The van der Waals surface area contributed by atoms with Crippen LogP contribution in [0.25, 0.3) is 0 Å². The number of halogens is 1. The monoisotopic (exact) mass is 500 g/mol. The maximum absolute atomic E-state index is 11.9. The van der Waals surface area contributed by atoms with E-state index in [1.807, 2.05) is 30.3 Å². The molecule has 0 fully saturated rings. The fourth-order valence-corrected chi connectivity index (χ4v) is 3.38. The normalized spacial score (nSPS) is 12.0. The predicted octanol–water partition coefficient (Wildman–Crippen LogP) is 3.42. The number of nitrogens with zero attached hydrogens (tertiary/aromatic N) is 1. The summed E-state index contributed by atoms with van der Waals surface area (Å²) in [5.74, 6) is 1.28. The number of nitrogens with one attached hydrogen (secondary N) is 3. The summed E-state index contributed by atoms with van der Waals surface area (Å²) >= 11 is 1.79. The third kappa shape index (κ3) is 9.76. The molecule has 0 aliphatic rings. The van der Waals surface area contributed by atoms with Gasteiger partial charge in [-0.1, -0.05) is 43.3 Å². The molecule has 5 nitrogen and oxygen atoms in total. The van der Waals surface area contributed by atoms with Crippen LogP contribution in [-0.4, -0.2) is 32.0 Å². The summed E-state index contributed by atoms with van der Waals surface area (Å²) in [5, 5.41) is 11.6.